The summed E-state index contributed by atoms with van der Waals surface area (Å²) in [6, 6.07) is 5.03. The molecule has 1 heterocycles. The molecule has 16 heavy (non-hydrogen) atoms. The van der Waals surface area contributed by atoms with Crippen LogP contribution in [0.4, 0.5) is 4.39 Å². The molecule has 0 saturated carbocycles. The Balaban J connectivity index is 2.30. The second-order valence-corrected chi connectivity index (χ2v) is 4.40. The van der Waals surface area contributed by atoms with Crippen LogP contribution < -0.4 is 10.1 Å². The minimum Gasteiger partial charge on any atom is -0.496 e. The molecule has 3 heteroatoms. The number of nitrogens with one attached hydrogen (secondary N) is 1. The Morgan fingerprint density at radius 3 is 2.94 bits per heavy atom. The average molecular weight is 223 g/mol. The van der Waals surface area contributed by atoms with E-state index in [1.807, 2.05) is 6.07 Å². The zero-order chi connectivity index (χ0) is 11.5. The highest BCUT2D eigenvalue weighted by atomic mass is 19.1. The smallest absolute Gasteiger partial charge is 0.130 e. The van der Waals surface area contributed by atoms with Crippen LogP contribution in [-0.4, -0.2) is 20.2 Å². The number of methoxy groups -OCH3 is 1. The van der Waals surface area contributed by atoms with Gasteiger partial charge in [-0.1, -0.05) is 13.0 Å². The van der Waals surface area contributed by atoms with Gasteiger partial charge in [-0.15, -0.1) is 0 Å². The van der Waals surface area contributed by atoms with Crippen molar-refractivity contribution in [3.8, 4) is 5.75 Å². The summed E-state index contributed by atoms with van der Waals surface area (Å²) in [5.41, 5.74) is 0.721. The molecule has 1 aliphatic heterocycles. The van der Waals surface area contributed by atoms with Crippen molar-refractivity contribution in [3.63, 3.8) is 0 Å². The lowest BCUT2D eigenvalue weighted by molar-refractivity contribution is 0.385. The lowest BCUT2D eigenvalue weighted by Gasteiger charge is -2.21. The monoisotopic (exact) mass is 223 g/mol. The van der Waals surface area contributed by atoms with Gasteiger partial charge in [-0.2, -0.15) is 0 Å². The first-order valence-electron chi connectivity index (χ1n) is 5.77. The third-order valence-electron chi connectivity index (χ3n) is 3.49. The summed E-state index contributed by atoms with van der Waals surface area (Å²) < 4.78 is 19.1. The molecule has 2 nitrogen and oxygen atoms in total. The van der Waals surface area contributed by atoms with Gasteiger partial charge in [0.2, 0.25) is 0 Å². The van der Waals surface area contributed by atoms with Crippen LogP contribution in [0.2, 0.25) is 0 Å². The summed E-state index contributed by atoms with van der Waals surface area (Å²) >= 11 is 0. The van der Waals surface area contributed by atoms with E-state index in [1.54, 1.807) is 13.2 Å². The standard InChI is InChI=1S/C13H18FNO/c1-9(10-6-7-15-8-10)13-11(14)4-3-5-12(13)16-2/h3-5,9-10,15H,6-8H2,1-2H3. The predicted molar refractivity (Wildman–Crippen MR) is 62.3 cm³/mol. The second kappa shape index (κ2) is 4.83. The van der Waals surface area contributed by atoms with Crippen LogP contribution >= 0.6 is 0 Å². The van der Waals surface area contributed by atoms with Gasteiger partial charge in [-0.25, -0.2) is 4.39 Å². The normalized spacial score (nSPS) is 22.1. The number of benzene rings is 1. The molecule has 0 radical (unpaired) electrons. The van der Waals surface area contributed by atoms with Crippen LogP contribution in [0.3, 0.4) is 0 Å². The molecule has 1 saturated heterocycles. The summed E-state index contributed by atoms with van der Waals surface area (Å²) in [5.74, 6) is 1.22. The fourth-order valence-corrected chi connectivity index (χ4v) is 2.48. The van der Waals surface area contributed by atoms with Gasteiger partial charge in [0.25, 0.3) is 0 Å². The zero-order valence-corrected chi connectivity index (χ0v) is 9.79. The largest absolute Gasteiger partial charge is 0.496 e. The van der Waals surface area contributed by atoms with E-state index in [0.29, 0.717) is 11.7 Å². The number of ether oxygens (including phenoxy) is 1. The first kappa shape index (κ1) is 11.4. The van der Waals surface area contributed by atoms with Crippen molar-refractivity contribution in [2.75, 3.05) is 20.2 Å². The zero-order valence-electron chi connectivity index (χ0n) is 9.79. The number of rotatable bonds is 3. The van der Waals surface area contributed by atoms with E-state index < -0.39 is 0 Å². The van der Waals surface area contributed by atoms with Crippen LogP contribution in [0.5, 0.6) is 5.75 Å². The fourth-order valence-electron chi connectivity index (χ4n) is 2.48. The minimum absolute atomic E-state index is 0.154. The first-order valence-corrected chi connectivity index (χ1v) is 5.77. The molecular weight excluding hydrogens is 205 g/mol. The van der Waals surface area contributed by atoms with Gasteiger partial charge in [0, 0.05) is 5.56 Å². The van der Waals surface area contributed by atoms with Crippen molar-refractivity contribution >= 4 is 0 Å². The predicted octanol–water partition coefficient (Wildman–Crippen LogP) is 2.55. The highest BCUT2D eigenvalue weighted by molar-refractivity contribution is 5.37. The molecule has 1 aromatic rings. The van der Waals surface area contributed by atoms with Gasteiger partial charge >= 0.3 is 0 Å². The number of hydrogen-bond acceptors (Lipinski definition) is 2. The Morgan fingerprint density at radius 2 is 2.31 bits per heavy atom. The molecule has 2 rings (SSSR count). The third-order valence-corrected chi connectivity index (χ3v) is 3.49. The van der Waals surface area contributed by atoms with Gasteiger partial charge in [0.1, 0.15) is 11.6 Å². The molecule has 88 valence electrons. The maximum Gasteiger partial charge on any atom is 0.130 e. The first-order chi connectivity index (χ1) is 7.74. The summed E-state index contributed by atoms with van der Waals surface area (Å²) in [6.45, 7) is 4.09. The molecule has 1 N–H and O–H groups in total. The van der Waals surface area contributed by atoms with E-state index in [4.69, 9.17) is 4.74 Å². The van der Waals surface area contributed by atoms with Crippen molar-refractivity contribution in [2.24, 2.45) is 5.92 Å². The fraction of sp³-hybridized carbons (Fsp3) is 0.538. The molecule has 1 fully saturated rings. The maximum absolute atomic E-state index is 13.8. The molecule has 0 spiro atoms. The maximum atomic E-state index is 13.8. The Morgan fingerprint density at radius 1 is 1.50 bits per heavy atom. The van der Waals surface area contributed by atoms with Crippen LogP contribution in [-0.2, 0) is 0 Å². The van der Waals surface area contributed by atoms with Gasteiger partial charge in [0.15, 0.2) is 0 Å². The lowest BCUT2D eigenvalue weighted by atomic mass is 9.86. The van der Waals surface area contributed by atoms with Gasteiger partial charge in [-0.3, -0.25) is 0 Å². The SMILES string of the molecule is COc1cccc(F)c1C(C)C1CCNC1. The van der Waals surface area contributed by atoms with Gasteiger partial charge < -0.3 is 10.1 Å². The molecular formula is C13H18FNO. The van der Waals surface area contributed by atoms with Crippen molar-refractivity contribution in [1.29, 1.82) is 0 Å². The van der Waals surface area contributed by atoms with Crippen molar-refractivity contribution in [2.45, 2.75) is 19.3 Å². The summed E-state index contributed by atoms with van der Waals surface area (Å²) in [4.78, 5) is 0. The van der Waals surface area contributed by atoms with Crippen molar-refractivity contribution in [1.82, 2.24) is 5.32 Å². The van der Waals surface area contributed by atoms with E-state index in [9.17, 15) is 4.39 Å². The van der Waals surface area contributed by atoms with Crippen LogP contribution in [0.25, 0.3) is 0 Å². The highest BCUT2D eigenvalue weighted by Crippen LogP contribution is 2.35. The summed E-state index contributed by atoms with van der Waals surface area (Å²) in [7, 11) is 1.60. The molecule has 0 bridgehead atoms. The van der Waals surface area contributed by atoms with E-state index in [-0.39, 0.29) is 11.7 Å². The Labute approximate surface area is 95.8 Å². The molecule has 2 unspecified atom stereocenters. The quantitative estimate of drug-likeness (QED) is 0.850. The van der Waals surface area contributed by atoms with Crippen LogP contribution in [0.15, 0.2) is 18.2 Å². The molecule has 1 aliphatic rings. The van der Waals surface area contributed by atoms with E-state index in [1.165, 1.54) is 6.07 Å². The summed E-state index contributed by atoms with van der Waals surface area (Å²) in [6.07, 6.45) is 1.11. The van der Waals surface area contributed by atoms with Crippen LogP contribution in [0.1, 0.15) is 24.8 Å². The van der Waals surface area contributed by atoms with E-state index in [2.05, 4.69) is 12.2 Å². The van der Waals surface area contributed by atoms with E-state index in [0.717, 1.165) is 25.1 Å². The third kappa shape index (κ3) is 2.05. The van der Waals surface area contributed by atoms with Gasteiger partial charge in [0.05, 0.1) is 7.11 Å². The topological polar surface area (TPSA) is 21.3 Å². The lowest BCUT2D eigenvalue weighted by Crippen LogP contribution is -2.16. The molecule has 0 aliphatic carbocycles. The number of halogens is 1. The van der Waals surface area contributed by atoms with Crippen molar-refractivity contribution in [3.05, 3.63) is 29.6 Å². The minimum atomic E-state index is -0.154. The van der Waals surface area contributed by atoms with Crippen molar-refractivity contribution < 1.29 is 9.13 Å². The average Bonchev–Trinajstić information content (AvgIpc) is 2.81. The Bertz CT molecular complexity index is 361. The molecule has 0 aromatic heterocycles. The molecule has 0 amide bonds. The Kier molecular flexibility index (Phi) is 3.44. The Hall–Kier alpha value is -1.09. The summed E-state index contributed by atoms with van der Waals surface area (Å²) in [5, 5.41) is 3.32. The molecule has 2 atom stereocenters. The van der Waals surface area contributed by atoms with E-state index >= 15 is 0 Å². The van der Waals surface area contributed by atoms with Crippen LogP contribution in [0, 0.1) is 11.7 Å². The second-order valence-electron chi connectivity index (χ2n) is 4.40. The highest BCUT2D eigenvalue weighted by Gasteiger charge is 2.26. The van der Waals surface area contributed by atoms with Gasteiger partial charge in [-0.05, 0) is 43.5 Å². The molecule has 1 aromatic carbocycles. The number of hydrogen-bond donors (Lipinski definition) is 1.